The lowest BCUT2D eigenvalue weighted by Crippen LogP contribution is -2.13. The normalized spacial score (nSPS) is 19.5. The molecule has 1 unspecified atom stereocenters. The number of alkyl halides is 1. The molecule has 7 heteroatoms. The molecule has 0 heterocycles. The molecular formula is C10H7BrF2O3S. The summed E-state index contributed by atoms with van der Waals surface area (Å²) in [5.74, 6) is -2.01. The number of sulfone groups is 1. The van der Waals surface area contributed by atoms with E-state index in [0.29, 0.717) is 0 Å². The van der Waals surface area contributed by atoms with E-state index in [4.69, 9.17) is 0 Å². The monoisotopic (exact) mass is 324 g/mol. The van der Waals surface area contributed by atoms with Crippen molar-refractivity contribution in [1.82, 2.24) is 0 Å². The fourth-order valence-corrected chi connectivity index (χ4v) is 3.46. The van der Waals surface area contributed by atoms with E-state index in [9.17, 15) is 22.0 Å². The molecule has 1 atom stereocenters. The van der Waals surface area contributed by atoms with Gasteiger partial charge in [-0.3, -0.25) is 4.79 Å². The molecule has 0 spiro atoms. The van der Waals surface area contributed by atoms with Crippen LogP contribution in [0.3, 0.4) is 0 Å². The van der Waals surface area contributed by atoms with Gasteiger partial charge in [0.15, 0.2) is 21.8 Å². The van der Waals surface area contributed by atoms with Crippen molar-refractivity contribution in [3.05, 3.63) is 27.5 Å². The maximum Gasteiger partial charge on any atom is 0.198 e. The van der Waals surface area contributed by atoms with Crippen LogP contribution >= 0.6 is 15.9 Å². The number of Topliss-reactive ketones (excluding diaryl/α,β-unsaturated/α-hetero) is 1. The number of carbonyl (C=O) groups excluding carboxylic acids is 1. The van der Waals surface area contributed by atoms with Gasteiger partial charge in [-0.2, -0.15) is 0 Å². The van der Waals surface area contributed by atoms with Gasteiger partial charge in [0.2, 0.25) is 0 Å². The van der Waals surface area contributed by atoms with Crippen molar-refractivity contribution in [3.63, 3.8) is 0 Å². The van der Waals surface area contributed by atoms with Crippen molar-refractivity contribution in [3.8, 4) is 0 Å². The maximum atomic E-state index is 13.6. The third-order valence-electron chi connectivity index (χ3n) is 2.57. The van der Waals surface area contributed by atoms with E-state index in [2.05, 4.69) is 15.9 Å². The van der Waals surface area contributed by atoms with E-state index in [1.807, 2.05) is 0 Å². The Morgan fingerprint density at radius 1 is 1.47 bits per heavy atom. The summed E-state index contributed by atoms with van der Waals surface area (Å²) in [4.78, 5) is 10.8. The van der Waals surface area contributed by atoms with Crippen LogP contribution in [0.1, 0.15) is 15.9 Å². The Balaban J connectivity index is 2.89. The van der Waals surface area contributed by atoms with Gasteiger partial charge in [0, 0.05) is 22.7 Å². The third-order valence-corrected chi connectivity index (χ3v) is 4.42. The third kappa shape index (κ3) is 1.91. The van der Waals surface area contributed by atoms with E-state index in [-0.39, 0.29) is 22.0 Å². The fourth-order valence-electron chi connectivity index (χ4n) is 1.89. The van der Waals surface area contributed by atoms with Gasteiger partial charge in [-0.25, -0.2) is 17.2 Å². The topological polar surface area (TPSA) is 51.2 Å². The van der Waals surface area contributed by atoms with Gasteiger partial charge in [0.25, 0.3) is 0 Å². The average Bonchev–Trinajstić information content (AvgIpc) is 2.43. The summed E-state index contributed by atoms with van der Waals surface area (Å²) >= 11 is 3.00. The lowest BCUT2D eigenvalue weighted by atomic mass is 10.1. The van der Waals surface area contributed by atoms with Gasteiger partial charge in [0.1, 0.15) is 10.7 Å². The summed E-state index contributed by atoms with van der Waals surface area (Å²) in [7, 11) is -3.92. The molecule has 0 amide bonds. The van der Waals surface area contributed by atoms with Crippen molar-refractivity contribution in [1.29, 1.82) is 0 Å². The summed E-state index contributed by atoms with van der Waals surface area (Å²) in [5.41, 5.74) is -0.142. The first-order chi connectivity index (χ1) is 7.73. The van der Waals surface area contributed by atoms with Gasteiger partial charge in [-0.05, 0) is 11.6 Å². The Kier molecular flexibility index (Phi) is 2.86. The lowest BCUT2D eigenvalue weighted by Gasteiger charge is -2.08. The average molecular weight is 325 g/mol. The molecular weight excluding hydrogens is 318 g/mol. The Hall–Kier alpha value is -0.820. The molecule has 0 saturated heterocycles. The lowest BCUT2D eigenvalue weighted by molar-refractivity contribution is 0.0895. The number of carbonyl (C=O) groups is 1. The zero-order valence-corrected chi connectivity index (χ0v) is 11.0. The number of rotatable bonds is 1. The quantitative estimate of drug-likeness (QED) is 0.794. The maximum absolute atomic E-state index is 13.6. The highest BCUT2D eigenvalue weighted by atomic mass is 79.9. The fraction of sp³-hybridized carbons (Fsp3) is 0.300. The van der Waals surface area contributed by atoms with Gasteiger partial charge >= 0.3 is 0 Å². The molecule has 0 bridgehead atoms. The largest absolute Gasteiger partial charge is 0.291 e. The Morgan fingerprint density at radius 2 is 2.06 bits per heavy atom. The Labute approximate surface area is 105 Å². The van der Waals surface area contributed by atoms with E-state index < -0.39 is 32.5 Å². The smallest absolute Gasteiger partial charge is 0.198 e. The van der Waals surface area contributed by atoms with E-state index in [1.54, 1.807) is 0 Å². The second-order valence-corrected chi connectivity index (χ2v) is 6.64. The molecule has 0 fully saturated rings. The number of fused-ring (bicyclic) bond motifs is 1. The summed E-state index contributed by atoms with van der Waals surface area (Å²) in [6.45, 7) is 0. The molecule has 1 aromatic rings. The van der Waals surface area contributed by atoms with E-state index >= 15 is 0 Å². The van der Waals surface area contributed by atoms with Gasteiger partial charge in [-0.15, -0.1) is 0 Å². The molecule has 3 nitrogen and oxygen atoms in total. The number of hydrogen-bond acceptors (Lipinski definition) is 3. The zero-order valence-electron chi connectivity index (χ0n) is 8.63. The van der Waals surface area contributed by atoms with E-state index in [0.717, 1.165) is 12.3 Å². The first kappa shape index (κ1) is 12.6. The predicted octanol–water partition coefficient (Wildman–Crippen LogP) is 2.07. The SMILES string of the molecule is CS(=O)(=O)c1c(F)cc(Br)c2c1C(=O)C(F)C2. The summed E-state index contributed by atoms with van der Waals surface area (Å²) < 4.78 is 50.0. The Bertz CT molecular complexity index is 625. The minimum absolute atomic E-state index is 0.212. The molecule has 0 saturated carbocycles. The highest BCUT2D eigenvalue weighted by Gasteiger charge is 2.38. The number of halogens is 3. The van der Waals surface area contributed by atoms with Crippen molar-refractivity contribution < 1.29 is 22.0 Å². The standard InChI is InChI=1S/C10H7BrF2O3S/c1-17(15,16)10-7(13)3-5(11)4-2-6(12)9(14)8(4)10/h3,6H,2H2,1H3. The van der Waals surface area contributed by atoms with Crippen molar-refractivity contribution in [2.45, 2.75) is 17.5 Å². The van der Waals surface area contributed by atoms with Crippen molar-refractivity contribution >= 4 is 31.6 Å². The number of ketones is 1. The van der Waals surface area contributed by atoms with Crippen LogP contribution in [0.4, 0.5) is 8.78 Å². The highest BCUT2D eigenvalue weighted by Crippen LogP contribution is 2.36. The summed E-state index contributed by atoms with van der Waals surface area (Å²) in [6, 6.07) is 0.945. The van der Waals surface area contributed by atoms with Gasteiger partial charge < -0.3 is 0 Å². The first-order valence-electron chi connectivity index (χ1n) is 4.62. The molecule has 1 aliphatic rings. The molecule has 0 N–H and O–H groups in total. The molecule has 0 aromatic heterocycles. The zero-order chi connectivity index (χ0) is 13.0. The minimum Gasteiger partial charge on any atom is -0.291 e. The molecule has 1 aliphatic carbocycles. The van der Waals surface area contributed by atoms with E-state index in [1.165, 1.54) is 0 Å². The second-order valence-electron chi connectivity index (χ2n) is 3.83. The number of benzene rings is 1. The van der Waals surface area contributed by atoms with Crippen LogP contribution in [0.25, 0.3) is 0 Å². The summed E-state index contributed by atoms with van der Waals surface area (Å²) in [5, 5.41) is 0. The number of hydrogen-bond donors (Lipinski definition) is 0. The van der Waals surface area contributed by atoms with Crippen LogP contribution in [0, 0.1) is 5.82 Å². The van der Waals surface area contributed by atoms with Crippen molar-refractivity contribution in [2.75, 3.05) is 6.26 Å². The van der Waals surface area contributed by atoms with Crippen LogP contribution in [0.15, 0.2) is 15.4 Å². The summed E-state index contributed by atoms with van der Waals surface area (Å²) in [6.07, 6.45) is -1.24. The highest BCUT2D eigenvalue weighted by molar-refractivity contribution is 9.10. The van der Waals surface area contributed by atoms with Gasteiger partial charge in [-0.1, -0.05) is 15.9 Å². The van der Waals surface area contributed by atoms with Gasteiger partial charge in [0.05, 0.1) is 0 Å². The van der Waals surface area contributed by atoms with Crippen LogP contribution in [-0.4, -0.2) is 26.6 Å². The molecule has 0 radical (unpaired) electrons. The molecule has 92 valence electrons. The minimum atomic E-state index is -3.92. The molecule has 1 aromatic carbocycles. The predicted molar refractivity (Wildman–Crippen MR) is 60.1 cm³/mol. The van der Waals surface area contributed by atoms with Crippen LogP contribution in [0.5, 0.6) is 0 Å². The van der Waals surface area contributed by atoms with Crippen LogP contribution in [-0.2, 0) is 16.3 Å². The molecule has 0 aliphatic heterocycles. The molecule has 2 rings (SSSR count). The molecule has 17 heavy (non-hydrogen) atoms. The Morgan fingerprint density at radius 3 is 2.59 bits per heavy atom. The second kappa shape index (κ2) is 3.84. The van der Waals surface area contributed by atoms with Crippen LogP contribution in [0.2, 0.25) is 0 Å². The van der Waals surface area contributed by atoms with Crippen molar-refractivity contribution in [2.24, 2.45) is 0 Å². The first-order valence-corrected chi connectivity index (χ1v) is 7.31. The van der Waals surface area contributed by atoms with Crippen LogP contribution < -0.4 is 0 Å².